The molecule has 4 N–H and O–H groups in total. The number of rotatable bonds is 5. The zero-order valence-electron chi connectivity index (χ0n) is 11.7. The van der Waals surface area contributed by atoms with E-state index >= 15 is 0 Å². The van der Waals surface area contributed by atoms with Gasteiger partial charge in [0.1, 0.15) is 5.82 Å². The number of aromatic amines is 1. The van der Waals surface area contributed by atoms with Crippen LogP contribution in [0.25, 0.3) is 11.4 Å². The molecule has 0 fully saturated rings. The average molecular weight is 273 g/mol. The van der Waals surface area contributed by atoms with Gasteiger partial charge >= 0.3 is 0 Å². The Hall–Kier alpha value is -2.21. The Morgan fingerprint density at radius 2 is 2.20 bits per heavy atom. The number of aryl methyl sites for hydroxylation is 1. The van der Waals surface area contributed by atoms with Crippen LogP contribution in [-0.2, 0) is 4.79 Å². The van der Waals surface area contributed by atoms with Crippen molar-refractivity contribution >= 4 is 11.6 Å². The minimum atomic E-state index is -0.0537. The minimum Gasteiger partial charge on any atom is -0.328 e. The summed E-state index contributed by atoms with van der Waals surface area (Å²) in [5.74, 6) is 1.26. The number of H-pyrrole nitrogens is 1. The summed E-state index contributed by atoms with van der Waals surface area (Å²) in [5, 5.41) is 9.80. The summed E-state index contributed by atoms with van der Waals surface area (Å²) >= 11 is 0. The first-order valence-electron chi connectivity index (χ1n) is 6.60. The number of carbonyl (C=O) groups is 1. The van der Waals surface area contributed by atoms with E-state index in [9.17, 15) is 4.79 Å². The zero-order chi connectivity index (χ0) is 14.5. The number of amides is 1. The first kappa shape index (κ1) is 14.2. The molecule has 2 aromatic rings. The van der Waals surface area contributed by atoms with E-state index in [4.69, 9.17) is 5.73 Å². The summed E-state index contributed by atoms with van der Waals surface area (Å²) in [5.41, 5.74) is 7.16. The molecule has 0 saturated carbocycles. The van der Waals surface area contributed by atoms with Crippen LogP contribution < -0.4 is 11.1 Å². The molecule has 0 spiro atoms. The van der Waals surface area contributed by atoms with Crippen LogP contribution >= 0.6 is 0 Å². The lowest BCUT2D eigenvalue weighted by atomic mass is 10.1. The Kier molecular flexibility index (Phi) is 4.47. The third kappa shape index (κ3) is 3.64. The van der Waals surface area contributed by atoms with Crippen LogP contribution in [0.4, 0.5) is 5.69 Å². The molecule has 1 aromatic heterocycles. The van der Waals surface area contributed by atoms with Crippen molar-refractivity contribution < 1.29 is 4.79 Å². The standard InChI is InChI=1S/C14H19N5O/c1-9(15)7-8-13(20)17-12-6-4-3-5-11(12)14-16-10(2)18-19-14/h3-6,9H,7-8,15H2,1-2H3,(H,17,20)(H,16,18,19). The van der Waals surface area contributed by atoms with Gasteiger partial charge in [0.25, 0.3) is 0 Å². The second-order valence-electron chi connectivity index (χ2n) is 4.85. The minimum absolute atomic E-state index is 0.0200. The van der Waals surface area contributed by atoms with Crippen LogP contribution in [-0.4, -0.2) is 27.1 Å². The number of para-hydroxylation sites is 1. The molecule has 1 atom stereocenters. The molecule has 6 nitrogen and oxygen atoms in total. The molecule has 0 aliphatic heterocycles. The summed E-state index contributed by atoms with van der Waals surface area (Å²) in [4.78, 5) is 16.2. The van der Waals surface area contributed by atoms with Crippen molar-refractivity contribution in [1.82, 2.24) is 15.2 Å². The van der Waals surface area contributed by atoms with E-state index in [1.165, 1.54) is 0 Å². The molecule has 1 unspecified atom stereocenters. The lowest BCUT2D eigenvalue weighted by Crippen LogP contribution is -2.19. The van der Waals surface area contributed by atoms with Gasteiger partial charge in [-0.05, 0) is 32.4 Å². The van der Waals surface area contributed by atoms with Crippen LogP contribution in [0.2, 0.25) is 0 Å². The zero-order valence-corrected chi connectivity index (χ0v) is 11.7. The quantitative estimate of drug-likeness (QED) is 0.774. The van der Waals surface area contributed by atoms with Gasteiger partial charge < -0.3 is 11.1 Å². The highest BCUT2D eigenvalue weighted by Gasteiger charge is 2.11. The molecule has 0 radical (unpaired) electrons. The number of carbonyl (C=O) groups excluding carboxylic acids is 1. The Balaban J connectivity index is 2.14. The summed E-state index contributed by atoms with van der Waals surface area (Å²) in [7, 11) is 0. The maximum atomic E-state index is 11.9. The second kappa shape index (κ2) is 6.29. The Labute approximate surface area is 117 Å². The number of benzene rings is 1. The molecule has 1 heterocycles. The number of nitrogens with two attached hydrogens (primary N) is 1. The van der Waals surface area contributed by atoms with E-state index in [1.54, 1.807) is 0 Å². The second-order valence-corrected chi connectivity index (χ2v) is 4.85. The first-order chi connectivity index (χ1) is 9.56. The van der Waals surface area contributed by atoms with E-state index in [0.29, 0.717) is 24.4 Å². The molecule has 106 valence electrons. The molecule has 0 saturated heterocycles. The van der Waals surface area contributed by atoms with Gasteiger partial charge in [-0.15, -0.1) is 0 Å². The monoisotopic (exact) mass is 273 g/mol. The van der Waals surface area contributed by atoms with Crippen LogP contribution in [0.5, 0.6) is 0 Å². The molecular formula is C14H19N5O. The first-order valence-corrected chi connectivity index (χ1v) is 6.60. The number of nitrogens with one attached hydrogen (secondary N) is 2. The fourth-order valence-electron chi connectivity index (χ4n) is 1.82. The number of hydrogen-bond donors (Lipinski definition) is 3. The topological polar surface area (TPSA) is 96.7 Å². The molecule has 20 heavy (non-hydrogen) atoms. The van der Waals surface area contributed by atoms with Crippen LogP contribution in [0.15, 0.2) is 24.3 Å². The summed E-state index contributed by atoms with van der Waals surface area (Å²) < 4.78 is 0. The number of aromatic nitrogens is 3. The Bertz CT molecular complexity index is 591. The van der Waals surface area contributed by atoms with Crippen LogP contribution in [0.1, 0.15) is 25.6 Å². The molecule has 2 rings (SSSR count). The number of anilines is 1. The summed E-state index contributed by atoms with van der Waals surface area (Å²) in [6.07, 6.45) is 1.06. The summed E-state index contributed by atoms with van der Waals surface area (Å²) in [6.45, 7) is 3.72. The molecule has 6 heteroatoms. The molecular weight excluding hydrogens is 254 g/mol. The third-order valence-electron chi connectivity index (χ3n) is 2.87. The van der Waals surface area contributed by atoms with E-state index in [1.807, 2.05) is 38.1 Å². The van der Waals surface area contributed by atoms with Crippen molar-refractivity contribution in [2.24, 2.45) is 5.73 Å². The number of hydrogen-bond acceptors (Lipinski definition) is 4. The summed E-state index contributed by atoms with van der Waals surface area (Å²) in [6, 6.07) is 7.49. The molecule has 1 amide bonds. The fraction of sp³-hybridized carbons (Fsp3) is 0.357. The van der Waals surface area contributed by atoms with Gasteiger partial charge in [0.15, 0.2) is 5.82 Å². The Morgan fingerprint density at radius 1 is 1.45 bits per heavy atom. The van der Waals surface area contributed by atoms with E-state index < -0.39 is 0 Å². The van der Waals surface area contributed by atoms with Crippen molar-refractivity contribution in [2.45, 2.75) is 32.7 Å². The Morgan fingerprint density at radius 3 is 2.85 bits per heavy atom. The van der Waals surface area contributed by atoms with Crippen molar-refractivity contribution in [1.29, 1.82) is 0 Å². The largest absolute Gasteiger partial charge is 0.328 e. The van der Waals surface area contributed by atoms with Crippen LogP contribution in [0.3, 0.4) is 0 Å². The molecule has 0 aliphatic carbocycles. The van der Waals surface area contributed by atoms with Gasteiger partial charge in [-0.1, -0.05) is 12.1 Å². The average Bonchev–Trinajstić information content (AvgIpc) is 2.83. The van der Waals surface area contributed by atoms with E-state index in [-0.39, 0.29) is 11.9 Å². The molecule has 0 aliphatic rings. The maximum absolute atomic E-state index is 11.9. The molecule has 0 bridgehead atoms. The van der Waals surface area contributed by atoms with Gasteiger partial charge in [0.05, 0.1) is 5.69 Å². The fourth-order valence-corrected chi connectivity index (χ4v) is 1.82. The van der Waals surface area contributed by atoms with Crippen molar-refractivity contribution in [3.05, 3.63) is 30.1 Å². The van der Waals surface area contributed by atoms with Gasteiger partial charge in [0.2, 0.25) is 5.91 Å². The van der Waals surface area contributed by atoms with Crippen LogP contribution in [0, 0.1) is 6.92 Å². The lowest BCUT2D eigenvalue weighted by Gasteiger charge is -2.09. The van der Waals surface area contributed by atoms with E-state index in [0.717, 1.165) is 11.4 Å². The maximum Gasteiger partial charge on any atom is 0.224 e. The highest BCUT2D eigenvalue weighted by Crippen LogP contribution is 2.24. The number of nitrogens with zero attached hydrogens (tertiary/aromatic N) is 2. The van der Waals surface area contributed by atoms with Gasteiger partial charge in [-0.2, -0.15) is 5.10 Å². The van der Waals surface area contributed by atoms with Crippen molar-refractivity contribution in [3.8, 4) is 11.4 Å². The van der Waals surface area contributed by atoms with Gasteiger partial charge in [0, 0.05) is 18.0 Å². The third-order valence-corrected chi connectivity index (χ3v) is 2.87. The highest BCUT2D eigenvalue weighted by atomic mass is 16.1. The highest BCUT2D eigenvalue weighted by molar-refractivity contribution is 5.94. The molecule has 1 aromatic carbocycles. The smallest absolute Gasteiger partial charge is 0.224 e. The van der Waals surface area contributed by atoms with Crippen molar-refractivity contribution in [2.75, 3.05) is 5.32 Å². The lowest BCUT2D eigenvalue weighted by molar-refractivity contribution is -0.116. The van der Waals surface area contributed by atoms with E-state index in [2.05, 4.69) is 20.5 Å². The predicted molar refractivity (Wildman–Crippen MR) is 78.1 cm³/mol. The SMILES string of the molecule is Cc1nc(-c2ccccc2NC(=O)CCC(C)N)n[nH]1. The van der Waals surface area contributed by atoms with Gasteiger partial charge in [-0.25, -0.2) is 4.98 Å². The predicted octanol–water partition coefficient (Wildman–Crippen LogP) is 1.85. The van der Waals surface area contributed by atoms with Crippen molar-refractivity contribution in [3.63, 3.8) is 0 Å². The normalized spacial score (nSPS) is 12.2. The van der Waals surface area contributed by atoms with Gasteiger partial charge in [-0.3, -0.25) is 9.89 Å².